The molecule has 130 valence electrons. The molecule has 0 saturated heterocycles. The third kappa shape index (κ3) is 5.72. The van der Waals surface area contributed by atoms with Crippen molar-refractivity contribution in [2.24, 2.45) is 0 Å². The van der Waals surface area contributed by atoms with Crippen LogP contribution in [-0.4, -0.2) is 47.0 Å². The van der Waals surface area contributed by atoms with Crippen molar-refractivity contribution < 1.29 is 14.1 Å². The molecule has 2 amide bonds. The molecule has 9 heteroatoms. The van der Waals surface area contributed by atoms with E-state index in [-0.39, 0.29) is 11.8 Å². The molecule has 2 aromatic rings. The van der Waals surface area contributed by atoms with Crippen LogP contribution >= 0.6 is 27.3 Å². The molecule has 24 heavy (non-hydrogen) atoms. The molecule has 7 nitrogen and oxygen atoms in total. The monoisotopic (exact) mass is 414 g/mol. The number of nitrogens with zero attached hydrogens (tertiary/aromatic N) is 3. The van der Waals surface area contributed by atoms with Crippen molar-refractivity contribution in [3.63, 3.8) is 0 Å². The molecule has 0 atom stereocenters. The number of rotatable bonds is 8. The van der Waals surface area contributed by atoms with Gasteiger partial charge in [-0.1, -0.05) is 5.16 Å². The van der Waals surface area contributed by atoms with E-state index >= 15 is 0 Å². The van der Waals surface area contributed by atoms with Crippen molar-refractivity contribution in [2.45, 2.75) is 26.2 Å². The minimum Gasteiger partial charge on any atom is -0.356 e. The van der Waals surface area contributed by atoms with Crippen molar-refractivity contribution in [1.29, 1.82) is 0 Å². The van der Waals surface area contributed by atoms with Crippen molar-refractivity contribution in [2.75, 3.05) is 20.1 Å². The zero-order valence-corrected chi connectivity index (χ0v) is 15.9. The molecule has 0 aliphatic rings. The van der Waals surface area contributed by atoms with Crippen LogP contribution < -0.4 is 5.32 Å². The van der Waals surface area contributed by atoms with Crippen molar-refractivity contribution in [3.05, 3.63) is 21.8 Å². The molecular formula is C15H19BrN4O3S. The fourth-order valence-corrected chi connectivity index (χ4v) is 3.35. The first kappa shape index (κ1) is 18.6. The molecule has 2 rings (SSSR count). The SMILES string of the molecule is CC(=O)NCCCN(C)C(=O)CCc1nc(-c2cc(Br)cs2)no1. The lowest BCUT2D eigenvalue weighted by Gasteiger charge is -2.16. The lowest BCUT2D eigenvalue weighted by molar-refractivity contribution is -0.130. The second kappa shape index (κ2) is 8.93. The predicted molar refractivity (Wildman–Crippen MR) is 94.6 cm³/mol. The summed E-state index contributed by atoms with van der Waals surface area (Å²) in [5.41, 5.74) is 0. The molecule has 0 saturated carbocycles. The minimum absolute atomic E-state index is 0.0106. The Morgan fingerprint density at radius 2 is 2.25 bits per heavy atom. The number of thiophene rings is 1. The fraction of sp³-hybridized carbons (Fsp3) is 0.467. The minimum atomic E-state index is -0.0612. The van der Waals surface area contributed by atoms with Gasteiger partial charge in [-0.3, -0.25) is 9.59 Å². The highest BCUT2D eigenvalue weighted by atomic mass is 79.9. The Kier molecular flexibility index (Phi) is 6.92. The Labute approximate surface area is 152 Å². The van der Waals surface area contributed by atoms with E-state index in [0.717, 1.165) is 15.8 Å². The van der Waals surface area contributed by atoms with Gasteiger partial charge in [-0.25, -0.2) is 0 Å². The smallest absolute Gasteiger partial charge is 0.227 e. The highest BCUT2D eigenvalue weighted by molar-refractivity contribution is 9.10. The zero-order chi connectivity index (χ0) is 17.5. The van der Waals surface area contributed by atoms with Gasteiger partial charge in [0.1, 0.15) is 0 Å². The van der Waals surface area contributed by atoms with Crippen LogP contribution in [0.15, 0.2) is 20.4 Å². The topological polar surface area (TPSA) is 88.3 Å². The first-order chi connectivity index (χ1) is 11.5. The molecule has 0 spiro atoms. The molecule has 1 N–H and O–H groups in total. The molecule has 2 aromatic heterocycles. The van der Waals surface area contributed by atoms with Crippen molar-refractivity contribution in [1.82, 2.24) is 20.4 Å². The summed E-state index contributed by atoms with van der Waals surface area (Å²) < 4.78 is 6.17. The summed E-state index contributed by atoms with van der Waals surface area (Å²) in [5, 5.41) is 8.59. The Bertz CT molecular complexity index is 700. The molecule has 0 aliphatic heterocycles. The average molecular weight is 415 g/mol. The number of nitrogens with one attached hydrogen (secondary N) is 1. The second-order valence-corrected chi connectivity index (χ2v) is 7.12. The molecule has 0 aliphatic carbocycles. The molecule has 0 bridgehead atoms. The van der Waals surface area contributed by atoms with Crippen LogP contribution in [0.5, 0.6) is 0 Å². The normalized spacial score (nSPS) is 10.6. The summed E-state index contributed by atoms with van der Waals surface area (Å²) in [6.45, 7) is 2.64. The Morgan fingerprint density at radius 1 is 1.46 bits per heavy atom. The van der Waals surface area contributed by atoms with Gasteiger partial charge >= 0.3 is 0 Å². The molecule has 0 unspecified atom stereocenters. The van der Waals surface area contributed by atoms with E-state index in [1.54, 1.807) is 11.9 Å². The van der Waals surface area contributed by atoms with Gasteiger partial charge in [0.05, 0.1) is 4.88 Å². The molecule has 0 radical (unpaired) electrons. The third-order valence-corrected chi connectivity index (χ3v) is 4.97. The number of hydrogen-bond acceptors (Lipinski definition) is 6. The molecule has 0 aromatic carbocycles. The third-order valence-electron chi connectivity index (χ3n) is 3.28. The summed E-state index contributed by atoms with van der Waals surface area (Å²) in [6, 6.07) is 1.92. The van der Waals surface area contributed by atoms with E-state index in [4.69, 9.17) is 4.52 Å². The Hall–Kier alpha value is -1.74. The quantitative estimate of drug-likeness (QED) is 0.670. The second-order valence-electron chi connectivity index (χ2n) is 5.29. The van der Waals surface area contributed by atoms with Crippen molar-refractivity contribution >= 4 is 39.1 Å². The maximum Gasteiger partial charge on any atom is 0.227 e. The van der Waals surface area contributed by atoms with E-state index in [2.05, 4.69) is 31.4 Å². The van der Waals surface area contributed by atoms with Gasteiger partial charge in [0.25, 0.3) is 0 Å². The first-order valence-electron chi connectivity index (χ1n) is 7.51. The van der Waals surface area contributed by atoms with Gasteiger partial charge in [-0.2, -0.15) is 4.98 Å². The van der Waals surface area contributed by atoms with Crippen LogP contribution in [0.1, 0.15) is 25.7 Å². The van der Waals surface area contributed by atoms with Crippen LogP contribution in [0.3, 0.4) is 0 Å². The van der Waals surface area contributed by atoms with Gasteiger partial charge in [-0.15, -0.1) is 11.3 Å². The maximum atomic E-state index is 12.1. The number of aryl methyl sites for hydroxylation is 1. The highest BCUT2D eigenvalue weighted by Gasteiger charge is 2.14. The summed E-state index contributed by atoms with van der Waals surface area (Å²) in [7, 11) is 1.75. The maximum absolute atomic E-state index is 12.1. The number of hydrogen-bond donors (Lipinski definition) is 1. The number of aromatic nitrogens is 2. The van der Waals surface area contributed by atoms with Crippen LogP contribution in [0.2, 0.25) is 0 Å². The standard InChI is InChI=1S/C15H19BrN4O3S/c1-10(21)17-6-3-7-20(2)14(22)5-4-13-18-15(19-23-13)12-8-11(16)9-24-12/h8-9H,3-7H2,1-2H3,(H,17,21). The number of carbonyl (C=O) groups excluding carboxylic acids is 2. The molecular weight excluding hydrogens is 396 g/mol. The van der Waals surface area contributed by atoms with Gasteiger partial charge < -0.3 is 14.7 Å². The first-order valence-corrected chi connectivity index (χ1v) is 9.18. The molecule has 0 fully saturated rings. The summed E-state index contributed by atoms with van der Waals surface area (Å²) in [4.78, 5) is 29.7. The summed E-state index contributed by atoms with van der Waals surface area (Å²) >= 11 is 4.91. The number of halogens is 1. The van der Waals surface area contributed by atoms with Crippen LogP contribution in [0.4, 0.5) is 0 Å². The van der Waals surface area contributed by atoms with E-state index in [1.807, 2.05) is 11.4 Å². The summed E-state index contributed by atoms with van der Waals surface area (Å²) in [5.74, 6) is 0.941. The van der Waals surface area contributed by atoms with Gasteiger partial charge in [-0.05, 0) is 28.4 Å². The van der Waals surface area contributed by atoms with Gasteiger partial charge in [0, 0.05) is 49.8 Å². The Balaban J connectivity index is 1.75. The largest absolute Gasteiger partial charge is 0.356 e. The lowest BCUT2D eigenvalue weighted by atomic mass is 10.2. The van der Waals surface area contributed by atoms with E-state index in [1.165, 1.54) is 18.3 Å². The van der Waals surface area contributed by atoms with Gasteiger partial charge in [0.15, 0.2) is 0 Å². The van der Waals surface area contributed by atoms with E-state index in [9.17, 15) is 9.59 Å². The van der Waals surface area contributed by atoms with E-state index in [0.29, 0.717) is 37.6 Å². The van der Waals surface area contributed by atoms with Crippen LogP contribution in [0.25, 0.3) is 10.7 Å². The molecule has 2 heterocycles. The van der Waals surface area contributed by atoms with Crippen LogP contribution in [-0.2, 0) is 16.0 Å². The Morgan fingerprint density at radius 3 is 2.92 bits per heavy atom. The van der Waals surface area contributed by atoms with Gasteiger partial charge in [0.2, 0.25) is 23.5 Å². The number of carbonyl (C=O) groups is 2. The number of amides is 2. The zero-order valence-electron chi connectivity index (χ0n) is 13.5. The van der Waals surface area contributed by atoms with E-state index < -0.39 is 0 Å². The average Bonchev–Trinajstić information content (AvgIpc) is 3.17. The van der Waals surface area contributed by atoms with Crippen LogP contribution in [0, 0.1) is 0 Å². The fourth-order valence-electron chi connectivity index (χ4n) is 2.00. The predicted octanol–water partition coefficient (Wildman–Crippen LogP) is 2.48. The summed E-state index contributed by atoms with van der Waals surface area (Å²) in [6.07, 6.45) is 1.45. The highest BCUT2D eigenvalue weighted by Crippen LogP contribution is 2.27. The lowest BCUT2D eigenvalue weighted by Crippen LogP contribution is -2.31. The van der Waals surface area contributed by atoms with Crippen molar-refractivity contribution in [3.8, 4) is 10.7 Å².